The number of rotatable bonds is 7. The molecule has 0 aliphatic rings. The van der Waals surface area contributed by atoms with Crippen LogP contribution in [0, 0.1) is 23.7 Å². The molecule has 0 aromatic rings. The highest BCUT2D eigenvalue weighted by atomic mass is 14.3. The zero-order valence-electron chi connectivity index (χ0n) is 11.1. The van der Waals surface area contributed by atoms with Gasteiger partial charge in [-0.25, -0.2) is 0 Å². The van der Waals surface area contributed by atoms with Crippen LogP contribution in [-0.4, -0.2) is 0 Å². The summed E-state index contributed by atoms with van der Waals surface area (Å²) in [7, 11) is 0. The lowest BCUT2D eigenvalue weighted by molar-refractivity contribution is 0.172. The molecule has 0 spiro atoms. The van der Waals surface area contributed by atoms with Crippen molar-refractivity contribution in [2.45, 2.75) is 67.2 Å². The van der Waals surface area contributed by atoms with E-state index in [9.17, 15) is 0 Å². The van der Waals surface area contributed by atoms with E-state index < -0.39 is 0 Å². The van der Waals surface area contributed by atoms with E-state index in [1.165, 1.54) is 25.7 Å². The van der Waals surface area contributed by atoms with Crippen molar-refractivity contribution in [3.8, 4) is 0 Å². The Morgan fingerprint density at radius 1 is 0.857 bits per heavy atom. The number of hydrogen-bond acceptors (Lipinski definition) is 0. The SMILES string of the molecule is CCCCC(C)C(C(C)C)C(C)CC. The standard InChI is InChI=1S/C14H30/c1-7-9-10-13(6)14(11(3)4)12(5)8-2/h11-14H,7-10H2,1-6H3. The Hall–Kier alpha value is 0. The monoisotopic (exact) mass is 198 g/mol. The summed E-state index contributed by atoms with van der Waals surface area (Å²) in [5.41, 5.74) is 0. The van der Waals surface area contributed by atoms with Crippen molar-refractivity contribution in [1.82, 2.24) is 0 Å². The van der Waals surface area contributed by atoms with E-state index in [0.717, 1.165) is 23.7 Å². The van der Waals surface area contributed by atoms with Crippen LogP contribution in [0.2, 0.25) is 0 Å². The van der Waals surface area contributed by atoms with Crippen LogP contribution in [0.4, 0.5) is 0 Å². The van der Waals surface area contributed by atoms with Crippen molar-refractivity contribution in [3.05, 3.63) is 0 Å². The molecule has 0 rings (SSSR count). The van der Waals surface area contributed by atoms with E-state index in [-0.39, 0.29) is 0 Å². The van der Waals surface area contributed by atoms with Gasteiger partial charge in [0.1, 0.15) is 0 Å². The van der Waals surface area contributed by atoms with Gasteiger partial charge in [0.05, 0.1) is 0 Å². The topological polar surface area (TPSA) is 0 Å². The molecule has 0 fully saturated rings. The summed E-state index contributed by atoms with van der Waals surface area (Å²) in [5.74, 6) is 3.56. The van der Waals surface area contributed by atoms with Crippen molar-refractivity contribution in [2.75, 3.05) is 0 Å². The second-order valence-electron chi connectivity index (χ2n) is 5.33. The van der Waals surface area contributed by atoms with Crippen molar-refractivity contribution in [2.24, 2.45) is 23.7 Å². The van der Waals surface area contributed by atoms with Gasteiger partial charge in [-0.15, -0.1) is 0 Å². The van der Waals surface area contributed by atoms with Gasteiger partial charge >= 0.3 is 0 Å². The summed E-state index contributed by atoms with van der Waals surface area (Å²) in [5, 5.41) is 0. The zero-order chi connectivity index (χ0) is 11.1. The molecule has 0 nitrogen and oxygen atoms in total. The van der Waals surface area contributed by atoms with Crippen LogP contribution in [0.5, 0.6) is 0 Å². The molecule has 0 bridgehead atoms. The third-order valence-electron chi connectivity index (χ3n) is 3.74. The molecule has 0 saturated carbocycles. The molecule has 0 radical (unpaired) electrons. The van der Waals surface area contributed by atoms with E-state index in [0.29, 0.717) is 0 Å². The molecular formula is C14H30. The summed E-state index contributed by atoms with van der Waals surface area (Å²) >= 11 is 0. The van der Waals surface area contributed by atoms with Gasteiger partial charge in [-0.2, -0.15) is 0 Å². The molecular weight excluding hydrogens is 168 g/mol. The third-order valence-corrected chi connectivity index (χ3v) is 3.74. The van der Waals surface area contributed by atoms with Crippen LogP contribution in [0.15, 0.2) is 0 Å². The molecule has 3 atom stereocenters. The van der Waals surface area contributed by atoms with E-state index in [4.69, 9.17) is 0 Å². The van der Waals surface area contributed by atoms with Gasteiger partial charge in [0.25, 0.3) is 0 Å². The van der Waals surface area contributed by atoms with Crippen molar-refractivity contribution < 1.29 is 0 Å². The normalized spacial score (nSPS) is 18.2. The molecule has 0 N–H and O–H groups in total. The van der Waals surface area contributed by atoms with Crippen LogP contribution in [-0.2, 0) is 0 Å². The fraction of sp³-hybridized carbons (Fsp3) is 1.00. The predicted octanol–water partition coefficient (Wildman–Crippen LogP) is 5.13. The summed E-state index contributed by atoms with van der Waals surface area (Å²) in [4.78, 5) is 0. The molecule has 14 heavy (non-hydrogen) atoms. The van der Waals surface area contributed by atoms with Gasteiger partial charge < -0.3 is 0 Å². The first kappa shape index (κ1) is 14.0. The van der Waals surface area contributed by atoms with Gasteiger partial charge in [0, 0.05) is 0 Å². The van der Waals surface area contributed by atoms with Crippen LogP contribution in [0.1, 0.15) is 67.2 Å². The fourth-order valence-corrected chi connectivity index (χ4v) is 2.87. The maximum Gasteiger partial charge on any atom is -0.0340 e. The highest BCUT2D eigenvalue weighted by molar-refractivity contribution is 4.74. The largest absolute Gasteiger partial charge is 0.0654 e. The summed E-state index contributed by atoms with van der Waals surface area (Å²) in [6.45, 7) is 14.3. The molecule has 0 saturated heterocycles. The average molecular weight is 198 g/mol. The summed E-state index contributed by atoms with van der Waals surface area (Å²) in [6, 6.07) is 0. The molecule has 0 aliphatic carbocycles. The van der Waals surface area contributed by atoms with E-state index >= 15 is 0 Å². The molecule has 0 amide bonds. The first-order valence-electron chi connectivity index (χ1n) is 6.54. The van der Waals surface area contributed by atoms with Crippen molar-refractivity contribution in [3.63, 3.8) is 0 Å². The maximum absolute atomic E-state index is 2.45. The Bertz CT molecular complexity index is 126. The lowest BCUT2D eigenvalue weighted by Crippen LogP contribution is -2.24. The summed E-state index contributed by atoms with van der Waals surface area (Å²) in [6.07, 6.45) is 5.50. The Morgan fingerprint density at radius 2 is 1.43 bits per heavy atom. The Morgan fingerprint density at radius 3 is 1.79 bits per heavy atom. The van der Waals surface area contributed by atoms with E-state index in [1.807, 2.05) is 0 Å². The third kappa shape index (κ3) is 4.48. The van der Waals surface area contributed by atoms with Crippen molar-refractivity contribution >= 4 is 0 Å². The molecule has 0 heteroatoms. The highest BCUT2D eigenvalue weighted by Crippen LogP contribution is 2.33. The molecule has 0 heterocycles. The fourth-order valence-electron chi connectivity index (χ4n) is 2.87. The minimum Gasteiger partial charge on any atom is -0.0654 e. The first-order chi connectivity index (χ1) is 6.54. The predicted molar refractivity (Wildman–Crippen MR) is 66.5 cm³/mol. The second kappa shape index (κ2) is 7.31. The molecule has 0 aliphatic heterocycles. The second-order valence-corrected chi connectivity index (χ2v) is 5.33. The number of unbranched alkanes of at least 4 members (excludes halogenated alkanes) is 1. The molecule has 86 valence electrons. The Balaban J connectivity index is 4.18. The van der Waals surface area contributed by atoms with Crippen molar-refractivity contribution in [1.29, 1.82) is 0 Å². The lowest BCUT2D eigenvalue weighted by atomic mass is 9.73. The van der Waals surface area contributed by atoms with Crippen LogP contribution < -0.4 is 0 Å². The summed E-state index contributed by atoms with van der Waals surface area (Å²) < 4.78 is 0. The lowest BCUT2D eigenvalue weighted by Gasteiger charge is -2.32. The van der Waals surface area contributed by atoms with Gasteiger partial charge in [0.2, 0.25) is 0 Å². The maximum atomic E-state index is 2.45. The van der Waals surface area contributed by atoms with Crippen LogP contribution in [0.25, 0.3) is 0 Å². The van der Waals surface area contributed by atoms with Gasteiger partial charge in [-0.1, -0.05) is 67.2 Å². The van der Waals surface area contributed by atoms with E-state index in [1.54, 1.807) is 0 Å². The zero-order valence-corrected chi connectivity index (χ0v) is 11.1. The molecule has 0 aromatic carbocycles. The minimum atomic E-state index is 0.844. The smallest absolute Gasteiger partial charge is 0.0340 e. The number of hydrogen-bond donors (Lipinski definition) is 0. The van der Waals surface area contributed by atoms with Gasteiger partial charge in [-0.3, -0.25) is 0 Å². The quantitative estimate of drug-likeness (QED) is 0.532. The van der Waals surface area contributed by atoms with Gasteiger partial charge in [-0.05, 0) is 23.7 Å². The highest BCUT2D eigenvalue weighted by Gasteiger charge is 2.24. The molecule has 0 aromatic heterocycles. The Kier molecular flexibility index (Phi) is 7.31. The van der Waals surface area contributed by atoms with E-state index in [2.05, 4.69) is 41.5 Å². The van der Waals surface area contributed by atoms with Crippen LogP contribution in [0.3, 0.4) is 0 Å². The minimum absolute atomic E-state index is 0.844. The van der Waals surface area contributed by atoms with Gasteiger partial charge in [0.15, 0.2) is 0 Å². The first-order valence-corrected chi connectivity index (χ1v) is 6.54. The van der Waals surface area contributed by atoms with Crippen LogP contribution >= 0.6 is 0 Å². The Labute approximate surface area is 91.5 Å². The molecule has 3 unspecified atom stereocenters. The average Bonchev–Trinajstić information content (AvgIpc) is 2.14.